The van der Waals surface area contributed by atoms with E-state index < -0.39 is 29.5 Å². The number of aliphatic hydroxyl groups excluding tert-OH is 1. The van der Waals surface area contributed by atoms with E-state index in [1.807, 2.05) is 6.07 Å². The van der Waals surface area contributed by atoms with Crippen LogP contribution in [0.3, 0.4) is 0 Å². The molecule has 2 aliphatic heterocycles. The summed E-state index contributed by atoms with van der Waals surface area (Å²) in [5, 5.41) is 23.5. The van der Waals surface area contributed by atoms with Crippen molar-refractivity contribution in [2.75, 3.05) is 25.1 Å². The SMILES string of the molecule is COc1ccc(N2C=CC(O)=CC2N(C(=O)OC(C)(C)C)C2CCNCC2)c(-c2ccc(C#N)c(F)c2)c1-c1cccc(F)c1. The predicted octanol–water partition coefficient (Wildman–Crippen LogP) is 7.27. The average Bonchev–Trinajstić information content (AvgIpc) is 3.00. The lowest BCUT2D eigenvalue weighted by Crippen LogP contribution is -2.57. The molecular formula is C35H36F2N4O4. The van der Waals surface area contributed by atoms with Crippen LogP contribution in [0.4, 0.5) is 19.3 Å². The van der Waals surface area contributed by atoms with Crippen molar-refractivity contribution in [3.05, 3.63) is 95.9 Å². The number of carbonyl (C=O) groups is 1. The van der Waals surface area contributed by atoms with Crippen molar-refractivity contribution < 1.29 is 28.2 Å². The molecule has 0 aromatic heterocycles. The second kappa shape index (κ2) is 13.0. The maximum absolute atomic E-state index is 15.2. The van der Waals surface area contributed by atoms with Crippen LogP contribution in [0.5, 0.6) is 5.75 Å². The molecule has 1 amide bonds. The van der Waals surface area contributed by atoms with Crippen molar-refractivity contribution in [2.45, 2.75) is 51.4 Å². The Kier molecular flexibility index (Phi) is 9.11. The summed E-state index contributed by atoms with van der Waals surface area (Å²) in [5.41, 5.74) is 1.45. The standard InChI is InChI=1S/C35H36F2N4O4/c1-35(2,3)45-34(43)41(26-12-15-39-16-13-26)31-20-27(42)14-17-40(31)29-10-11-30(44-4)33(22-6-5-7-25(36)18-22)32(29)23-8-9-24(21-38)28(37)19-23/h5-11,14,17-20,26,31,39,42H,12-13,15-16H2,1-4H3. The van der Waals surface area contributed by atoms with Gasteiger partial charge in [-0.2, -0.15) is 5.26 Å². The molecule has 2 N–H and O–H groups in total. The van der Waals surface area contributed by atoms with E-state index in [0.717, 1.165) is 0 Å². The van der Waals surface area contributed by atoms with Crippen LogP contribution in [0, 0.1) is 23.0 Å². The second-order valence-corrected chi connectivity index (χ2v) is 12.0. The van der Waals surface area contributed by atoms with Crippen molar-refractivity contribution in [3.63, 3.8) is 0 Å². The summed E-state index contributed by atoms with van der Waals surface area (Å²) < 4.78 is 41.5. The fourth-order valence-corrected chi connectivity index (χ4v) is 5.79. The number of anilines is 1. The number of piperidine rings is 1. The third-order valence-electron chi connectivity index (χ3n) is 7.74. The van der Waals surface area contributed by atoms with Gasteiger partial charge >= 0.3 is 6.09 Å². The molecule has 10 heteroatoms. The van der Waals surface area contributed by atoms with E-state index >= 15 is 4.39 Å². The number of hydrogen-bond donors (Lipinski definition) is 2. The number of methoxy groups -OCH3 is 1. The largest absolute Gasteiger partial charge is 0.508 e. The first-order valence-electron chi connectivity index (χ1n) is 14.8. The number of amides is 1. The molecule has 1 atom stereocenters. The lowest BCUT2D eigenvalue weighted by molar-refractivity contribution is 0.00616. The minimum Gasteiger partial charge on any atom is -0.508 e. The molecule has 45 heavy (non-hydrogen) atoms. The molecular weight excluding hydrogens is 578 g/mol. The molecule has 0 radical (unpaired) electrons. The van der Waals surface area contributed by atoms with Gasteiger partial charge in [-0.05, 0) is 100 Å². The normalized spacial score (nSPS) is 17.0. The molecule has 2 heterocycles. The summed E-state index contributed by atoms with van der Waals surface area (Å²) in [5.74, 6) is -0.823. The topological polar surface area (TPSA) is 98.1 Å². The molecule has 8 nitrogen and oxygen atoms in total. The third-order valence-corrected chi connectivity index (χ3v) is 7.74. The van der Waals surface area contributed by atoms with Gasteiger partial charge in [-0.3, -0.25) is 4.90 Å². The Morgan fingerprint density at radius 3 is 2.44 bits per heavy atom. The van der Waals surface area contributed by atoms with Gasteiger partial charge in [0.05, 0.1) is 18.4 Å². The smallest absolute Gasteiger partial charge is 0.412 e. The van der Waals surface area contributed by atoms with E-state index in [0.29, 0.717) is 59.6 Å². The Balaban J connectivity index is 1.77. The fraction of sp³-hybridized carbons (Fsp3) is 0.314. The summed E-state index contributed by atoms with van der Waals surface area (Å²) in [6.07, 6.45) is 4.65. The number of ether oxygens (including phenoxy) is 2. The van der Waals surface area contributed by atoms with Crippen LogP contribution < -0.4 is 15.0 Å². The van der Waals surface area contributed by atoms with Crippen molar-refractivity contribution in [2.24, 2.45) is 0 Å². The van der Waals surface area contributed by atoms with Crippen LogP contribution >= 0.6 is 0 Å². The van der Waals surface area contributed by atoms with Crippen LogP contribution in [0.15, 0.2) is 78.7 Å². The molecule has 0 aliphatic carbocycles. The Labute approximate surface area is 261 Å². The van der Waals surface area contributed by atoms with Crippen LogP contribution in [-0.4, -0.2) is 54.1 Å². The molecule has 0 saturated carbocycles. The van der Waals surface area contributed by atoms with E-state index in [-0.39, 0.29) is 17.4 Å². The van der Waals surface area contributed by atoms with Crippen LogP contribution in [0.1, 0.15) is 39.2 Å². The predicted molar refractivity (Wildman–Crippen MR) is 169 cm³/mol. The van der Waals surface area contributed by atoms with Crippen LogP contribution in [0.25, 0.3) is 22.3 Å². The lowest BCUT2D eigenvalue weighted by atomic mass is 9.90. The molecule has 1 fully saturated rings. The molecule has 0 bridgehead atoms. The zero-order chi connectivity index (χ0) is 32.3. The fourth-order valence-electron chi connectivity index (χ4n) is 5.79. The highest BCUT2D eigenvalue weighted by Gasteiger charge is 2.39. The van der Waals surface area contributed by atoms with Gasteiger partial charge < -0.3 is 24.8 Å². The van der Waals surface area contributed by atoms with Crippen molar-refractivity contribution in [3.8, 4) is 34.1 Å². The molecule has 3 aromatic carbocycles. The highest BCUT2D eigenvalue weighted by molar-refractivity contribution is 5.96. The molecule has 2 aliphatic rings. The summed E-state index contributed by atoms with van der Waals surface area (Å²) in [7, 11) is 1.49. The summed E-state index contributed by atoms with van der Waals surface area (Å²) >= 11 is 0. The molecule has 5 rings (SSSR count). The first-order valence-corrected chi connectivity index (χ1v) is 14.8. The van der Waals surface area contributed by atoms with Gasteiger partial charge in [-0.15, -0.1) is 0 Å². The van der Waals surface area contributed by atoms with E-state index in [9.17, 15) is 19.6 Å². The van der Waals surface area contributed by atoms with Crippen molar-refractivity contribution in [1.82, 2.24) is 10.2 Å². The van der Waals surface area contributed by atoms with Gasteiger partial charge in [0.25, 0.3) is 0 Å². The third kappa shape index (κ3) is 6.79. The maximum Gasteiger partial charge on any atom is 0.412 e. The van der Waals surface area contributed by atoms with Gasteiger partial charge in [0, 0.05) is 29.4 Å². The number of rotatable bonds is 6. The monoisotopic (exact) mass is 614 g/mol. The second-order valence-electron chi connectivity index (χ2n) is 12.0. The van der Waals surface area contributed by atoms with E-state index in [2.05, 4.69) is 5.32 Å². The molecule has 3 aromatic rings. The molecule has 0 spiro atoms. The van der Waals surface area contributed by atoms with Gasteiger partial charge in [-0.25, -0.2) is 13.6 Å². The number of nitriles is 1. The van der Waals surface area contributed by atoms with Gasteiger partial charge in [0.15, 0.2) is 0 Å². The first kappa shape index (κ1) is 31.5. The minimum absolute atomic E-state index is 0.0384. The molecule has 1 unspecified atom stereocenters. The minimum atomic E-state index is -0.844. The van der Waals surface area contributed by atoms with Crippen molar-refractivity contribution in [1.29, 1.82) is 5.26 Å². The quantitative estimate of drug-likeness (QED) is 0.301. The van der Waals surface area contributed by atoms with Gasteiger partial charge in [0.2, 0.25) is 0 Å². The molecule has 234 valence electrons. The number of nitrogens with one attached hydrogen (secondary N) is 1. The number of allylic oxidation sites excluding steroid dienone is 1. The average molecular weight is 615 g/mol. The maximum atomic E-state index is 15.2. The van der Waals surface area contributed by atoms with E-state index in [1.54, 1.807) is 73.2 Å². The highest BCUT2D eigenvalue weighted by atomic mass is 19.1. The summed E-state index contributed by atoms with van der Waals surface area (Å²) in [4.78, 5) is 17.4. The van der Waals surface area contributed by atoms with Gasteiger partial charge in [-0.1, -0.05) is 18.2 Å². The zero-order valence-corrected chi connectivity index (χ0v) is 25.7. The van der Waals surface area contributed by atoms with Gasteiger partial charge in [0.1, 0.15) is 41.0 Å². The number of aliphatic hydroxyl groups is 1. The summed E-state index contributed by atoms with van der Waals surface area (Å²) in [6.45, 7) is 6.78. The lowest BCUT2D eigenvalue weighted by Gasteiger charge is -2.45. The Hall–Kier alpha value is -4.88. The number of carbonyl (C=O) groups excluding carboxylic acids is 1. The van der Waals surface area contributed by atoms with E-state index in [4.69, 9.17) is 9.47 Å². The van der Waals surface area contributed by atoms with Crippen molar-refractivity contribution >= 4 is 11.8 Å². The summed E-state index contributed by atoms with van der Waals surface area (Å²) in [6, 6.07) is 15.4. The number of nitrogens with zero attached hydrogens (tertiary/aromatic N) is 3. The Bertz CT molecular complexity index is 1690. The number of halogens is 2. The van der Waals surface area contributed by atoms with E-state index in [1.165, 1.54) is 37.5 Å². The van der Waals surface area contributed by atoms with Crippen LogP contribution in [-0.2, 0) is 4.74 Å². The Morgan fingerprint density at radius 1 is 1.07 bits per heavy atom. The Morgan fingerprint density at radius 2 is 1.80 bits per heavy atom. The van der Waals surface area contributed by atoms with Crippen LogP contribution in [0.2, 0.25) is 0 Å². The number of hydrogen-bond acceptors (Lipinski definition) is 7. The molecule has 1 saturated heterocycles. The first-order chi connectivity index (χ1) is 21.5. The highest BCUT2D eigenvalue weighted by Crippen LogP contribution is 2.47. The number of benzene rings is 3. The zero-order valence-electron chi connectivity index (χ0n) is 25.7.